The molecule has 39 heavy (non-hydrogen) atoms. The number of nitrogens with one attached hydrogen (secondary N) is 2. The molecule has 0 saturated heterocycles. The summed E-state index contributed by atoms with van der Waals surface area (Å²) >= 11 is 0. The number of ether oxygens (including phenoxy) is 2. The fraction of sp³-hybridized carbons (Fsp3) is 0.0667. The van der Waals surface area contributed by atoms with E-state index in [1.165, 1.54) is 32.4 Å². The molecule has 0 saturated carbocycles. The quantitative estimate of drug-likeness (QED) is 0.331. The van der Waals surface area contributed by atoms with Crippen LogP contribution >= 0.6 is 0 Å². The molecule has 0 fully saturated rings. The topological polar surface area (TPSA) is 114 Å². The first kappa shape index (κ1) is 25.2. The van der Waals surface area contributed by atoms with Crippen molar-refractivity contribution < 1.29 is 28.7 Å². The minimum atomic E-state index is -0.537. The molecule has 9 heteroatoms. The van der Waals surface area contributed by atoms with Crippen molar-refractivity contribution in [3.63, 3.8) is 0 Å². The summed E-state index contributed by atoms with van der Waals surface area (Å²) in [6, 6.07) is 24.1. The molecule has 4 aromatic rings. The third-order valence-corrected chi connectivity index (χ3v) is 6.19. The predicted molar refractivity (Wildman–Crippen MR) is 146 cm³/mol. The number of anilines is 3. The van der Waals surface area contributed by atoms with Gasteiger partial charge < -0.3 is 20.1 Å². The standard InChI is InChI=1S/C30H23N3O6/c1-38-23-11-7-20(8-12-23)31-27(34)18-15-19(28(35)32-21-9-13-24(39-2)14-10-21)17-22(16-18)33-29(36)25-5-3-4-6-26(25)30(33)37/h3-17H,1-2H3,(H,31,34)(H,32,35). The number of carbonyl (C=O) groups is 4. The molecule has 0 unspecified atom stereocenters. The van der Waals surface area contributed by atoms with Crippen molar-refractivity contribution in [2.45, 2.75) is 0 Å². The van der Waals surface area contributed by atoms with Crippen molar-refractivity contribution in [1.82, 2.24) is 0 Å². The van der Waals surface area contributed by atoms with E-state index in [4.69, 9.17) is 9.47 Å². The number of methoxy groups -OCH3 is 2. The van der Waals surface area contributed by atoms with Gasteiger partial charge in [-0.3, -0.25) is 19.2 Å². The molecule has 4 amide bonds. The highest BCUT2D eigenvalue weighted by Gasteiger charge is 2.37. The van der Waals surface area contributed by atoms with Crippen LogP contribution in [0, 0.1) is 0 Å². The highest BCUT2D eigenvalue weighted by Crippen LogP contribution is 2.30. The maximum atomic E-state index is 13.2. The van der Waals surface area contributed by atoms with Crippen LogP contribution < -0.4 is 25.0 Å². The first-order valence-electron chi connectivity index (χ1n) is 11.9. The number of amides is 4. The third-order valence-electron chi connectivity index (χ3n) is 6.19. The largest absolute Gasteiger partial charge is 0.497 e. The van der Waals surface area contributed by atoms with E-state index in [1.54, 1.807) is 72.8 Å². The Hall–Kier alpha value is -5.44. The number of fused-ring (bicyclic) bond motifs is 1. The van der Waals surface area contributed by atoms with Crippen LogP contribution in [0.4, 0.5) is 17.1 Å². The average Bonchev–Trinajstić information content (AvgIpc) is 3.23. The van der Waals surface area contributed by atoms with E-state index in [1.807, 2.05) is 0 Å². The molecule has 5 rings (SSSR count). The van der Waals surface area contributed by atoms with Crippen LogP contribution in [0.5, 0.6) is 11.5 Å². The lowest BCUT2D eigenvalue weighted by atomic mass is 10.1. The SMILES string of the molecule is COc1ccc(NC(=O)c2cc(C(=O)Nc3ccc(OC)cc3)cc(N3C(=O)c4ccccc4C3=O)c2)cc1. The number of hydrogen-bond donors (Lipinski definition) is 2. The summed E-state index contributed by atoms with van der Waals surface area (Å²) in [6.45, 7) is 0. The summed E-state index contributed by atoms with van der Waals surface area (Å²) in [6.07, 6.45) is 0. The Bertz CT molecular complexity index is 1480. The highest BCUT2D eigenvalue weighted by molar-refractivity contribution is 6.34. The van der Waals surface area contributed by atoms with Gasteiger partial charge in [0, 0.05) is 22.5 Å². The summed E-state index contributed by atoms with van der Waals surface area (Å²) < 4.78 is 10.3. The smallest absolute Gasteiger partial charge is 0.266 e. The van der Waals surface area contributed by atoms with Crippen LogP contribution in [0.3, 0.4) is 0 Å². The van der Waals surface area contributed by atoms with E-state index in [0.29, 0.717) is 22.9 Å². The summed E-state index contributed by atoms with van der Waals surface area (Å²) in [7, 11) is 3.08. The molecular weight excluding hydrogens is 498 g/mol. The molecule has 194 valence electrons. The van der Waals surface area contributed by atoms with Crippen LogP contribution in [0.15, 0.2) is 91.0 Å². The van der Waals surface area contributed by atoms with Crippen molar-refractivity contribution >= 4 is 40.7 Å². The van der Waals surface area contributed by atoms with Crippen LogP contribution in [0.1, 0.15) is 41.4 Å². The Morgan fingerprint density at radius 1 is 0.615 bits per heavy atom. The first-order chi connectivity index (χ1) is 18.9. The van der Waals surface area contributed by atoms with Gasteiger partial charge in [-0.2, -0.15) is 0 Å². The molecule has 0 spiro atoms. The van der Waals surface area contributed by atoms with Crippen LogP contribution in [-0.4, -0.2) is 37.8 Å². The Labute approximate surface area is 224 Å². The minimum absolute atomic E-state index is 0.0831. The van der Waals surface area contributed by atoms with Crippen molar-refractivity contribution in [3.8, 4) is 11.5 Å². The van der Waals surface area contributed by atoms with E-state index < -0.39 is 23.6 Å². The number of carbonyl (C=O) groups excluding carboxylic acids is 4. The molecule has 0 aliphatic carbocycles. The van der Waals surface area contributed by atoms with E-state index in [2.05, 4.69) is 10.6 Å². The molecule has 4 aromatic carbocycles. The fourth-order valence-corrected chi connectivity index (χ4v) is 4.18. The molecule has 0 atom stereocenters. The first-order valence-corrected chi connectivity index (χ1v) is 11.9. The van der Waals surface area contributed by atoms with E-state index in [9.17, 15) is 19.2 Å². The van der Waals surface area contributed by atoms with Crippen molar-refractivity contribution in [1.29, 1.82) is 0 Å². The molecule has 1 heterocycles. The van der Waals surface area contributed by atoms with Gasteiger partial charge in [0.25, 0.3) is 23.6 Å². The summed E-state index contributed by atoms with van der Waals surface area (Å²) in [5, 5.41) is 5.53. The summed E-state index contributed by atoms with van der Waals surface area (Å²) in [5.41, 5.74) is 1.76. The zero-order valence-corrected chi connectivity index (χ0v) is 21.1. The van der Waals surface area contributed by atoms with Gasteiger partial charge in [0.15, 0.2) is 0 Å². The zero-order valence-electron chi connectivity index (χ0n) is 21.1. The van der Waals surface area contributed by atoms with Gasteiger partial charge in [-0.25, -0.2) is 4.90 Å². The Balaban J connectivity index is 1.51. The number of rotatable bonds is 7. The van der Waals surface area contributed by atoms with E-state index >= 15 is 0 Å². The number of imide groups is 1. The van der Waals surface area contributed by atoms with Crippen molar-refractivity contribution in [2.24, 2.45) is 0 Å². The van der Waals surface area contributed by atoms with Crippen LogP contribution in [0.2, 0.25) is 0 Å². The average molecular weight is 522 g/mol. The molecule has 1 aliphatic heterocycles. The van der Waals surface area contributed by atoms with Crippen molar-refractivity contribution in [3.05, 3.63) is 113 Å². The monoisotopic (exact) mass is 521 g/mol. The van der Waals surface area contributed by atoms with Crippen LogP contribution in [0.25, 0.3) is 0 Å². The lowest BCUT2D eigenvalue weighted by molar-refractivity contribution is 0.0922. The number of nitrogens with zero attached hydrogens (tertiary/aromatic N) is 1. The van der Waals surface area contributed by atoms with E-state index in [-0.39, 0.29) is 27.9 Å². The Kier molecular flexibility index (Phi) is 6.79. The molecule has 2 N–H and O–H groups in total. The van der Waals surface area contributed by atoms with Gasteiger partial charge in [-0.05, 0) is 78.9 Å². The zero-order chi connectivity index (χ0) is 27.5. The maximum absolute atomic E-state index is 13.2. The van der Waals surface area contributed by atoms with Gasteiger partial charge in [0.05, 0.1) is 31.0 Å². The second-order valence-corrected chi connectivity index (χ2v) is 8.63. The van der Waals surface area contributed by atoms with Crippen LogP contribution in [-0.2, 0) is 0 Å². The normalized spacial score (nSPS) is 12.1. The lowest BCUT2D eigenvalue weighted by Gasteiger charge is -2.17. The number of benzene rings is 4. The van der Waals surface area contributed by atoms with Gasteiger partial charge in [-0.1, -0.05) is 12.1 Å². The molecular formula is C30H23N3O6. The third kappa shape index (κ3) is 5.05. The molecule has 0 radical (unpaired) electrons. The van der Waals surface area contributed by atoms with Gasteiger partial charge >= 0.3 is 0 Å². The van der Waals surface area contributed by atoms with E-state index in [0.717, 1.165) is 4.90 Å². The van der Waals surface area contributed by atoms with Gasteiger partial charge in [0.1, 0.15) is 11.5 Å². The summed E-state index contributed by atoms with van der Waals surface area (Å²) in [4.78, 5) is 53.8. The van der Waals surface area contributed by atoms with Gasteiger partial charge in [0.2, 0.25) is 0 Å². The molecule has 0 bridgehead atoms. The second-order valence-electron chi connectivity index (χ2n) is 8.63. The molecule has 0 aromatic heterocycles. The fourth-order valence-electron chi connectivity index (χ4n) is 4.18. The summed E-state index contributed by atoms with van der Waals surface area (Å²) in [5.74, 6) is -0.889. The lowest BCUT2D eigenvalue weighted by Crippen LogP contribution is -2.30. The number of hydrogen-bond acceptors (Lipinski definition) is 6. The predicted octanol–water partition coefficient (Wildman–Crippen LogP) is 5.01. The maximum Gasteiger partial charge on any atom is 0.266 e. The Morgan fingerprint density at radius 3 is 1.41 bits per heavy atom. The molecule has 1 aliphatic rings. The molecule has 9 nitrogen and oxygen atoms in total. The second kappa shape index (κ2) is 10.5. The minimum Gasteiger partial charge on any atom is -0.497 e. The highest BCUT2D eigenvalue weighted by atomic mass is 16.5. The van der Waals surface area contributed by atoms with Gasteiger partial charge in [-0.15, -0.1) is 0 Å². The van der Waals surface area contributed by atoms with Crippen molar-refractivity contribution in [2.75, 3.05) is 29.8 Å². The Morgan fingerprint density at radius 2 is 1.03 bits per heavy atom.